The molecule has 112 valence electrons. The second kappa shape index (κ2) is 6.87. The van der Waals surface area contributed by atoms with Crippen LogP contribution in [-0.2, 0) is 6.54 Å². The van der Waals surface area contributed by atoms with Crippen molar-refractivity contribution in [1.29, 1.82) is 0 Å². The van der Waals surface area contributed by atoms with Crippen molar-refractivity contribution in [3.8, 4) is 5.88 Å². The van der Waals surface area contributed by atoms with E-state index in [1.54, 1.807) is 24.3 Å². The van der Waals surface area contributed by atoms with Crippen LogP contribution in [0.2, 0.25) is 10.0 Å². The number of nitrogens with zero attached hydrogens (tertiary/aromatic N) is 1. The van der Waals surface area contributed by atoms with E-state index in [1.165, 1.54) is 4.57 Å². The van der Waals surface area contributed by atoms with E-state index < -0.39 is 0 Å². The molecule has 4 nitrogen and oxygen atoms in total. The van der Waals surface area contributed by atoms with Gasteiger partial charge < -0.3 is 10.4 Å². The zero-order chi connectivity index (χ0) is 15.4. The number of aromatic hydroxyl groups is 1. The maximum Gasteiger partial charge on any atom is 0.256 e. The largest absolute Gasteiger partial charge is 0.493 e. The standard InChI is InChI=1S/C15H16Cl2N2O2/c1-2-3-9-19-13(11(16)12(17)15(19)21)18-14(20)10-7-5-4-6-8-10/h4-8,21H,2-3,9H2,1H3,(H,18,20). The van der Waals surface area contributed by atoms with Crippen molar-refractivity contribution in [2.45, 2.75) is 26.3 Å². The number of amides is 1. The predicted octanol–water partition coefficient (Wildman–Crippen LogP) is 4.55. The highest BCUT2D eigenvalue weighted by Crippen LogP contribution is 2.41. The molecule has 0 saturated heterocycles. The van der Waals surface area contributed by atoms with Gasteiger partial charge in [-0.25, -0.2) is 0 Å². The Balaban J connectivity index is 2.31. The van der Waals surface area contributed by atoms with Crippen LogP contribution in [0.25, 0.3) is 0 Å². The summed E-state index contributed by atoms with van der Waals surface area (Å²) in [5.74, 6) is -0.107. The zero-order valence-electron chi connectivity index (χ0n) is 11.6. The smallest absolute Gasteiger partial charge is 0.256 e. The number of anilines is 1. The molecule has 1 amide bonds. The fourth-order valence-corrected chi connectivity index (χ4v) is 2.40. The Bertz CT molecular complexity index is 639. The highest BCUT2D eigenvalue weighted by molar-refractivity contribution is 6.45. The monoisotopic (exact) mass is 326 g/mol. The molecule has 2 rings (SSSR count). The van der Waals surface area contributed by atoms with Crippen molar-refractivity contribution in [3.05, 3.63) is 45.9 Å². The number of halogens is 2. The lowest BCUT2D eigenvalue weighted by Gasteiger charge is -2.11. The predicted molar refractivity (Wildman–Crippen MR) is 85.4 cm³/mol. The number of carbonyl (C=O) groups excluding carboxylic acids is 1. The molecule has 0 bridgehead atoms. The quantitative estimate of drug-likeness (QED) is 0.846. The Kier molecular flexibility index (Phi) is 5.15. The topological polar surface area (TPSA) is 54.3 Å². The molecule has 0 saturated carbocycles. The van der Waals surface area contributed by atoms with Gasteiger partial charge in [-0.2, -0.15) is 0 Å². The molecule has 21 heavy (non-hydrogen) atoms. The van der Waals surface area contributed by atoms with Gasteiger partial charge in [0.2, 0.25) is 5.88 Å². The van der Waals surface area contributed by atoms with Crippen molar-refractivity contribution in [1.82, 2.24) is 4.57 Å². The second-order valence-corrected chi connectivity index (χ2v) is 5.38. The Morgan fingerprint density at radius 1 is 1.24 bits per heavy atom. The van der Waals surface area contributed by atoms with Crippen LogP contribution in [0.3, 0.4) is 0 Å². The number of unbranched alkanes of at least 4 members (excludes halogenated alkanes) is 1. The van der Waals surface area contributed by atoms with E-state index in [9.17, 15) is 9.90 Å². The third-order valence-electron chi connectivity index (χ3n) is 3.13. The first kappa shape index (κ1) is 15.7. The molecule has 0 aliphatic carbocycles. The van der Waals surface area contributed by atoms with Crippen LogP contribution in [0.1, 0.15) is 30.1 Å². The van der Waals surface area contributed by atoms with Gasteiger partial charge in [0.1, 0.15) is 15.9 Å². The number of nitrogens with one attached hydrogen (secondary N) is 1. The average Bonchev–Trinajstić information content (AvgIpc) is 2.71. The molecule has 0 aliphatic heterocycles. The molecule has 0 spiro atoms. The first-order valence-electron chi connectivity index (χ1n) is 6.69. The van der Waals surface area contributed by atoms with Crippen LogP contribution in [0.5, 0.6) is 5.88 Å². The van der Waals surface area contributed by atoms with E-state index in [4.69, 9.17) is 23.2 Å². The van der Waals surface area contributed by atoms with E-state index in [0.29, 0.717) is 17.9 Å². The number of hydrogen-bond donors (Lipinski definition) is 2. The molecule has 0 fully saturated rings. The number of benzene rings is 1. The summed E-state index contributed by atoms with van der Waals surface area (Å²) in [5, 5.41) is 12.9. The van der Waals surface area contributed by atoms with E-state index in [0.717, 1.165) is 12.8 Å². The molecule has 0 atom stereocenters. The molecule has 1 aromatic carbocycles. The summed E-state index contributed by atoms with van der Waals surface area (Å²) >= 11 is 12.1. The minimum absolute atomic E-state index is 0.0520. The van der Waals surface area contributed by atoms with Crippen molar-refractivity contribution in [3.63, 3.8) is 0 Å². The molecule has 0 unspecified atom stereocenters. The molecule has 0 radical (unpaired) electrons. The summed E-state index contributed by atoms with van der Waals surface area (Å²) in [6.07, 6.45) is 1.78. The molecular formula is C15H16Cl2N2O2. The van der Waals surface area contributed by atoms with E-state index >= 15 is 0 Å². The summed E-state index contributed by atoms with van der Waals surface area (Å²) in [7, 11) is 0. The second-order valence-electron chi connectivity index (χ2n) is 4.63. The average molecular weight is 327 g/mol. The maximum atomic E-state index is 12.2. The van der Waals surface area contributed by atoms with Crippen LogP contribution in [0.15, 0.2) is 30.3 Å². The lowest BCUT2D eigenvalue weighted by molar-refractivity contribution is 0.102. The molecular weight excluding hydrogens is 311 g/mol. The lowest BCUT2D eigenvalue weighted by Crippen LogP contribution is -2.15. The third kappa shape index (κ3) is 3.34. The van der Waals surface area contributed by atoms with Gasteiger partial charge in [0, 0.05) is 12.1 Å². The Labute approximate surface area is 133 Å². The van der Waals surface area contributed by atoms with Crippen molar-refractivity contribution in [2.75, 3.05) is 5.32 Å². The molecule has 2 N–H and O–H groups in total. The SMILES string of the molecule is CCCCn1c(O)c(Cl)c(Cl)c1NC(=O)c1ccccc1. The normalized spacial score (nSPS) is 10.6. The van der Waals surface area contributed by atoms with Gasteiger partial charge in [0.05, 0.1) is 0 Å². The van der Waals surface area contributed by atoms with Crippen molar-refractivity contribution in [2.24, 2.45) is 0 Å². The fraction of sp³-hybridized carbons (Fsp3) is 0.267. The van der Waals surface area contributed by atoms with Crippen LogP contribution in [0, 0.1) is 0 Å². The summed E-state index contributed by atoms with van der Waals surface area (Å²) in [6.45, 7) is 2.56. The highest BCUT2D eigenvalue weighted by Gasteiger charge is 2.21. The number of carbonyl (C=O) groups is 1. The van der Waals surface area contributed by atoms with E-state index in [1.807, 2.05) is 13.0 Å². The highest BCUT2D eigenvalue weighted by atomic mass is 35.5. The van der Waals surface area contributed by atoms with Gasteiger partial charge in [-0.05, 0) is 18.6 Å². The lowest BCUT2D eigenvalue weighted by atomic mass is 10.2. The van der Waals surface area contributed by atoms with Gasteiger partial charge in [-0.3, -0.25) is 9.36 Å². The summed E-state index contributed by atoms with van der Waals surface area (Å²) in [5.41, 5.74) is 0.507. The summed E-state index contributed by atoms with van der Waals surface area (Å²) in [6, 6.07) is 8.78. The van der Waals surface area contributed by atoms with Crippen molar-refractivity contribution < 1.29 is 9.90 Å². The van der Waals surface area contributed by atoms with Crippen LogP contribution in [-0.4, -0.2) is 15.6 Å². The first-order valence-corrected chi connectivity index (χ1v) is 7.44. The Morgan fingerprint density at radius 2 is 1.90 bits per heavy atom. The fourth-order valence-electron chi connectivity index (χ4n) is 1.97. The van der Waals surface area contributed by atoms with Crippen LogP contribution < -0.4 is 5.32 Å². The summed E-state index contributed by atoms with van der Waals surface area (Å²) < 4.78 is 1.52. The minimum atomic E-state index is -0.301. The molecule has 1 heterocycles. The van der Waals surface area contributed by atoms with E-state index in [-0.39, 0.29) is 21.8 Å². The van der Waals surface area contributed by atoms with Gasteiger partial charge in [0.25, 0.3) is 5.91 Å². The first-order chi connectivity index (χ1) is 10.1. The van der Waals surface area contributed by atoms with Gasteiger partial charge in [-0.15, -0.1) is 0 Å². The summed E-state index contributed by atoms with van der Waals surface area (Å²) in [4.78, 5) is 12.2. The maximum absolute atomic E-state index is 12.2. The Hall–Kier alpha value is -1.65. The van der Waals surface area contributed by atoms with Gasteiger partial charge >= 0.3 is 0 Å². The zero-order valence-corrected chi connectivity index (χ0v) is 13.1. The van der Waals surface area contributed by atoms with Gasteiger partial charge in [0.15, 0.2) is 0 Å². The van der Waals surface area contributed by atoms with Crippen molar-refractivity contribution >= 4 is 34.9 Å². The van der Waals surface area contributed by atoms with E-state index in [2.05, 4.69) is 5.32 Å². The number of aromatic nitrogens is 1. The van der Waals surface area contributed by atoms with Crippen LogP contribution in [0.4, 0.5) is 5.82 Å². The molecule has 6 heteroatoms. The molecule has 2 aromatic rings. The Morgan fingerprint density at radius 3 is 2.52 bits per heavy atom. The minimum Gasteiger partial charge on any atom is -0.493 e. The number of rotatable bonds is 5. The van der Waals surface area contributed by atoms with Crippen LogP contribution >= 0.6 is 23.2 Å². The molecule has 1 aromatic heterocycles. The van der Waals surface area contributed by atoms with Gasteiger partial charge in [-0.1, -0.05) is 54.7 Å². The third-order valence-corrected chi connectivity index (χ3v) is 3.95. The number of hydrogen-bond acceptors (Lipinski definition) is 2. The molecule has 0 aliphatic rings.